The Morgan fingerprint density at radius 1 is 1.61 bits per heavy atom. The zero-order valence-corrected chi connectivity index (χ0v) is 11.7. The molecule has 0 spiro atoms. The Bertz CT molecular complexity index is 403. The molecule has 1 unspecified atom stereocenters. The van der Waals surface area contributed by atoms with Crippen LogP contribution in [0.5, 0.6) is 0 Å². The van der Waals surface area contributed by atoms with Gasteiger partial charge >= 0.3 is 0 Å². The Labute approximate surface area is 112 Å². The number of likely N-dealkylation sites (tertiary alicyclic amines) is 1. The largest absolute Gasteiger partial charge is 0.375 e. The summed E-state index contributed by atoms with van der Waals surface area (Å²) < 4.78 is 0. The van der Waals surface area contributed by atoms with Crippen molar-refractivity contribution in [1.29, 1.82) is 0 Å². The van der Waals surface area contributed by atoms with E-state index in [2.05, 4.69) is 16.8 Å². The minimum absolute atomic E-state index is 0.207. The molecule has 2 heterocycles. The van der Waals surface area contributed by atoms with Gasteiger partial charge in [-0.05, 0) is 25.7 Å². The van der Waals surface area contributed by atoms with Crippen LogP contribution >= 0.6 is 11.3 Å². The van der Waals surface area contributed by atoms with Gasteiger partial charge in [-0.2, -0.15) is 0 Å². The second kappa shape index (κ2) is 6.18. The van der Waals surface area contributed by atoms with E-state index in [-0.39, 0.29) is 5.91 Å². The Morgan fingerprint density at radius 3 is 3.11 bits per heavy atom. The van der Waals surface area contributed by atoms with Crippen molar-refractivity contribution in [2.45, 2.75) is 51.5 Å². The average Bonchev–Trinajstić information content (AvgIpc) is 2.76. The van der Waals surface area contributed by atoms with Crippen molar-refractivity contribution in [3.8, 4) is 0 Å². The molecule has 1 saturated heterocycles. The summed E-state index contributed by atoms with van der Waals surface area (Å²) in [5, 5.41) is 2.42. The Kier molecular flexibility index (Phi) is 4.58. The van der Waals surface area contributed by atoms with Crippen molar-refractivity contribution in [2.75, 3.05) is 12.3 Å². The van der Waals surface area contributed by atoms with E-state index in [1.807, 2.05) is 5.38 Å². The highest BCUT2D eigenvalue weighted by atomic mass is 32.1. The summed E-state index contributed by atoms with van der Waals surface area (Å²) >= 11 is 1.40. The highest BCUT2D eigenvalue weighted by Gasteiger charge is 2.26. The molecule has 0 saturated carbocycles. The third-order valence-corrected chi connectivity index (χ3v) is 4.19. The van der Waals surface area contributed by atoms with Crippen molar-refractivity contribution in [3.63, 3.8) is 0 Å². The number of carbonyl (C=O) groups is 1. The maximum absolute atomic E-state index is 12.3. The van der Waals surface area contributed by atoms with Crippen LogP contribution in [0.4, 0.5) is 5.13 Å². The lowest BCUT2D eigenvalue weighted by molar-refractivity contribution is -0.134. The molecule has 1 atom stereocenters. The molecule has 2 N–H and O–H groups in total. The fourth-order valence-electron chi connectivity index (χ4n) is 2.62. The Morgan fingerprint density at radius 2 is 2.44 bits per heavy atom. The smallest absolute Gasteiger partial charge is 0.228 e. The van der Waals surface area contributed by atoms with Crippen molar-refractivity contribution in [3.05, 3.63) is 11.1 Å². The quantitative estimate of drug-likeness (QED) is 0.911. The maximum atomic E-state index is 12.3. The zero-order valence-electron chi connectivity index (χ0n) is 10.9. The molecule has 1 fully saturated rings. The molecule has 18 heavy (non-hydrogen) atoms. The second-order valence-electron chi connectivity index (χ2n) is 4.88. The van der Waals surface area contributed by atoms with Crippen LogP contribution in [0, 0.1) is 0 Å². The van der Waals surface area contributed by atoms with E-state index in [1.54, 1.807) is 0 Å². The summed E-state index contributed by atoms with van der Waals surface area (Å²) in [5.74, 6) is 0.207. The average molecular weight is 267 g/mol. The van der Waals surface area contributed by atoms with Crippen LogP contribution in [-0.2, 0) is 11.2 Å². The number of hydrogen-bond acceptors (Lipinski definition) is 4. The van der Waals surface area contributed by atoms with E-state index in [0.29, 0.717) is 17.6 Å². The molecule has 1 aliphatic rings. The summed E-state index contributed by atoms with van der Waals surface area (Å²) in [4.78, 5) is 18.5. The first-order valence-electron chi connectivity index (χ1n) is 6.70. The third kappa shape index (κ3) is 3.22. The maximum Gasteiger partial charge on any atom is 0.228 e. The molecule has 0 aliphatic carbocycles. The van der Waals surface area contributed by atoms with E-state index in [0.717, 1.165) is 37.9 Å². The summed E-state index contributed by atoms with van der Waals surface area (Å²) in [6.07, 6.45) is 6.18. The predicted octanol–water partition coefficient (Wildman–Crippen LogP) is 2.45. The van der Waals surface area contributed by atoms with Gasteiger partial charge in [0.05, 0.1) is 12.1 Å². The molecule has 5 heteroatoms. The standard InChI is InChI=1S/C13H21N3OS/c1-2-5-11-6-3-4-7-16(11)12(17)8-10-9-18-13(14)15-10/h9,11H,2-8H2,1H3,(H2,14,15). The fourth-order valence-corrected chi connectivity index (χ4v) is 3.19. The number of amides is 1. The van der Waals surface area contributed by atoms with Crippen molar-refractivity contribution >= 4 is 22.4 Å². The van der Waals surface area contributed by atoms with Crippen LogP contribution in [0.2, 0.25) is 0 Å². The summed E-state index contributed by atoms with van der Waals surface area (Å²) in [6.45, 7) is 3.08. The van der Waals surface area contributed by atoms with E-state index in [4.69, 9.17) is 5.73 Å². The lowest BCUT2D eigenvalue weighted by Crippen LogP contribution is -2.44. The molecule has 2 rings (SSSR count). The number of rotatable bonds is 4. The van der Waals surface area contributed by atoms with Crippen molar-refractivity contribution in [1.82, 2.24) is 9.88 Å². The van der Waals surface area contributed by atoms with Crippen LogP contribution in [-0.4, -0.2) is 28.4 Å². The number of thiazole rings is 1. The van der Waals surface area contributed by atoms with E-state index < -0.39 is 0 Å². The Balaban J connectivity index is 1.97. The van der Waals surface area contributed by atoms with Gasteiger partial charge in [0, 0.05) is 18.0 Å². The van der Waals surface area contributed by atoms with Crippen LogP contribution in [0.1, 0.15) is 44.7 Å². The fraction of sp³-hybridized carbons (Fsp3) is 0.692. The molecule has 1 aliphatic heterocycles. The third-order valence-electron chi connectivity index (χ3n) is 3.47. The van der Waals surface area contributed by atoms with Crippen LogP contribution in [0.25, 0.3) is 0 Å². The molecule has 1 aromatic rings. The molecule has 4 nitrogen and oxygen atoms in total. The van der Waals surface area contributed by atoms with Gasteiger partial charge in [-0.1, -0.05) is 13.3 Å². The molecular formula is C13H21N3OS. The van der Waals surface area contributed by atoms with Gasteiger partial charge in [0.2, 0.25) is 5.91 Å². The number of anilines is 1. The molecule has 1 amide bonds. The topological polar surface area (TPSA) is 59.2 Å². The normalized spacial score (nSPS) is 20.1. The highest BCUT2D eigenvalue weighted by molar-refractivity contribution is 7.13. The van der Waals surface area contributed by atoms with Gasteiger partial charge in [-0.15, -0.1) is 11.3 Å². The van der Waals surface area contributed by atoms with Crippen LogP contribution in [0.15, 0.2) is 5.38 Å². The zero-order chi connectivity index (χ0) is 13.0. The van der Waals surface area contributed by atoms with Crippen LogP contribution in [0.3, 0.4) is 0 Å². The summed E-state index contributed by atoms with van der Waals surface area (Å²) in [5.41, 5.74) is 6.40. The number of carbonyl (C=O) groups excluding carboxylic acids is 1. The van der Waals surface area contributed by atoms with Gasteiger partial charge in [-0.3, -0.25) is 4.79 Å². The molecule has 0 aromatic carbocycles. The molecule has 100 valence electrons. The molecule has 0 bridgehead atoms. The summed E-state index contributed by atoms with van der Waals surface area (Å²) in [6, 6.07) is 0.437. The highest BCUT2D eigenvalue weighted by Crippen LogP contribution is 2.22. The first kappa shape index (κ1) is 13.3. The lowest BCUT2D eigenvalue weighted by atomic mass is 9.98. The molecule has 1 aromatic heterocycles. The SMILES string of the molecule is CCCC1CCCCN1C(=O)Cc1csc(N)n1. The molecular weight excluding hydrogens is 246 g/mol. The number of hydrogen-bond donors (Lipinski definition) is 1. The predicted molar refractivity (Wildman–Crippen MR) is 74.5 cm³/mol. The minimum atomic E-state index is 0.207. The minimum Gasteiger partial charge on any atom is -0.375 e. The monoisotopic (exact) mass is 267 g/mol. The lowest BCUT2D eigenvalue weighted by Gasteiger charge is -2.35. The number of piperidine rings is 1. The van der Waals surface area contributed by atoms with Gasteiger partial charge in [-0.25, -0.2) is 4.98 Å². The van der Waals surface area contributed by atoms with E-state index in [1.165, 1.54) is 17.8 Å². The first-order valence-corrected chi connectivity index (χ1v) is 7.58. The van der Waals surface area contributed by atoms with Gasteiger partial charge in [0.15, 0.2) is 5.13 Å². The number of aromatic nitrogens is 1. The Hall–Kier alpha value is -1.10. The van der Waals surface area contributed by atoms with Gasteiger partial charge in [0.1, 0.15) is 0 Å². The number of nitrogens with two attached hydrogens (primary N) is 1. The van der Waals surface area contributed by atoms with E-state index >= 15 is 0 Å². The number of nitrogen functional groups attached to an aromatic ring is 1. The van der Waals surface area contributed by atoms with Crippen molar-refractivity contribution in [2.24, 2.45) is 0 Å². The summed E-state index contributed by atoms with van der Waals surface area (Å²) in [7, 11) is 0. The number of nitrogens with zero attached hydrogens (tertiary/aromatic N) is 2. The van der Waals surface area contributed by atoms with Gasteiger partial charge < -0.3 is 10.6 Å². The van der Waals surface area contributed by atoms with E-state index in [9.17, 15) is 4.79 Å². The molecule has 0 radical (unpaired) electrons. The van der Waals surface area contributed by atoms with Crippen LogP contribution < -0.4 is 5.73 Å². The first-order chi connectivity index (χ1) is 8.70. The second-order valence-corrected chi connectivity index (χ2v) is 5.77. The van der Waals surface area contributed by atoms with Gasteiger partial charge in [0.25, 0.3) is 0 Å². The van der Waals surface area contributed by atoms with Crippen molar-refractivity contribution < 1.29 is 4.79 Å².